The van der Waals surface area contributed by atoms with E-state index in [1.165, 1.54) is 0 Å². The molecule has 0 amide bonds. The van der Waals surface area contributed by atoms with Crippen molar-refractivity contribution in [2.24, 2.45) is 0 Å². The molecule has 8 nitrogen and oxygen atoms in total. The molecule has 44 heavy (non-hydrogen) atoms. The Morgan fingerprint density at radius 3 is 1.89 bits per heavy atom. The first-order chi connectivity index (χ1) is 20.0. The summed E-state index contributed by atoms with van der Waals surface area (Å²) in [6, 6.07) is 7.62. The number of carboxylic acid groups (broad SMARTS) is 2. The van der Waals surface area contributed by atoms with Crippen LogP contribution in [-0.4, -0.2) is 32.1 Å². The van der Waals surface area contributed by atoms with E-state index in [1.807, 2.05) is 52.0 Å². The Hall–Kier alpha value is -4.17. The van der Waals surface area contributed by atoms with Gasteiger partial charge in [-0.05, 0) is 62.8 Å². The van der Waals surface area contributed by atoms with Gasteiger partial charge in [0.1, 0.15) is 0 Å². The molecule has 2 aliphatic heterocycles. The number of aryl methyl sites for hydroxylation is 3. The molecule has 3 aromatic heterocycles. The van der Waals surface area contributed by atoms with Crippen molar-refractivity contribution < 1.29 is 36.9 Å². The number of rotatable bonds is 8. The summed E-state index contributed by atoms with van der Waals surface area (Å²) in [6.45, 7) is 15.9. The molecule has 0 aromatic carbocycles. The van der Waals surface area contributed by atoms with Gasteiger partial charge >= 0.3 is 29.0 Å². The number of nitrogens with zero attached hydrogens (tertiary/aromatic N) is 4. The van der Waals surface area contributed by atoms with E-state index in [0.717, 1.165) is 61.5 Å². The molecule has 5 heterocycles. The van der Waals surface area contributed by atoms with Gasteiger partial charge in [-0.15, -0.1) is 34.5 Å². The van der Waals surface area contributed by atoms with E-state index in [2.05, 4.69) is 13.2 Å². The van der Waals surface area contributed by atoms with Crippen LogP contribution in [0.25, 0.3) is 50.4 Å². The van der Waals surface area contributed by atoms with Crippen LogP contribution < -0.4 is 9.97 Å². The Kier molecular flexibility index (Phi) is 10.6. The molecule has 0 saturated heterocycles. The first kappa shape index (κ1) is 34.3. The van der Waals surface area contributed by atoms with E-state index >= 15 is 0 Å². The molecule has 0 aliphatic carbocycles. The van der Waals surface area contributed by atoms with Crippen molar-refractivity contribution in [2.75, 3.05) is 0 Å². The molecule has 5 rings (SSSR count). The van der Waals surface area contributed by atoms with Crippen LogP contribution in [-0.2, 0) is 33.1 Å². The number of hydrogen-bond donors (Lipinski definition) is 2. The minimum Gasteiger partial charge on any atom is -0.657 e. The quantitative estimate of drug-likeness (QED) is 0.245. The standard InChI is InChI=1S/C34H34N4O4.ClH.Fe/c1-7-21-17(3)25-13-26-19(5)23(9-11-33(39)40)31(37-26)16-32-24(10-12-34(41)42)20(6)28(38-32)15-30-22(8-2)18(4)27(36-30)14-29(21)35-25;;/h7-8,13-16H,1-2,9-12H2,3-6H3,(H4,35,36,37,38,39,40,41,42);1H;/q;;+2/p-2. The number of aliphatic carboxylic acids is 2. The Morgan fingerprint density at radius 2 is 1.25 bits per heavy atom. The number of carboxylic acids is 2. The number of carbonyl (C=O) groups is 2. The van der Waals surface area contributed by atoms with Gasteiger partial charge in [0.2, 0.25) is 0 Å². The third-order valence-corrected chi connectivity index (χ3v) is 8.06. The normalized spacial score (nSPS) is 12.5. The number of allylic oxidation sites excluding steroid dienone is 5. The molecule has 0 saturated carbocycles. The van der Waals surface area contributed by atoms with Crippen LogP contribution in [0.1, 0.15) is 78.1 Å². The maximum absolute atomic E-state index is 11.5. The minimum atomic E-state index is -0.898. The molecular weight excluding hydrogens is 620 g/mol. The summed E-state index contributed by atoms with van der Waals surface area (Å²) in [5.74, 6) is -1.80. The predicted octanol–water partition coefficient (Wildman–Crippen LogP) is 7.18. The van der Waals surface area contributed by atoms with Crippen LogP contribution in [0.2, 0.25) is 0 Å². The van der Waals surface area contributed by atoms with E-state index in [4.69, 9.17) is 19.9 Å². The second-order valence-electron chi connectivity index (χ2n) is 10.6. The topological polar surface area (TPSA) is 129 Å². The van der Waals surface area contributed by atoms with Gasteiger partial charge in [0.15, 0.2) is 0 Å². The molecule has 0 atom stereocenters. The van der Waals surface area contributed by atoms with E-state index in [1.54, 1.807) is 12.2 Å². The zero-order valence-corrected chi connectivity index (χ0v) is 26.9. The molecule has 0 spiro atoms. The van der Waals surface area contributed by atoms with Gasteiger partial charge in [-0.2, -0.15) is 0 Å². The summed E-state index contributed by atoms with van der Waals surface area (Å²) in [5, 5.41) is 18.9. The Balaban J connectivity index is 0.00000264. The van der Waals surface area contributed by atoms with Gasteiger partial charge in [-0.25, -0.2) is 9.97 Å². The minimum absolute atomic E-state index is 0. The van der Waals surface area contributed by atoms with Gasteiger partial charge in [-0.1, -0.05) is 66.3 Å². The molecule has 2 aliphatic rings. The summed E-state index contributed by atoms with van der Waals surface area (Å²) in [6.07, 6.45) is 4.06. The van der Waals surface area contributed by atoms with E-state index in [0.29, 0.717) is 40.8 Å². The molecular formula is C34H33ClFeN4O4. The fourth-order valence-corrected chi connectivity index (χ4v) is 5.61. The summed E-state index contributed by atoms with van der Waals surface area (Å²) < 4.78 is 0. The fraction of sp³-hybridized carbons (Fsp3) is 0.235. The zero-order chi connectivity index (χ0) is 30.3. The Morgan fingerprint density at radius 1 is 0.727 bits per heavy atom. The fourth-order valence-electron chi connectivity index (χ4n) is 5.61. The Bertz CT molecular complexity index is 1930. The number of hydrogen-bond acceptors (Lipinski definition) is 4. The monoisotopic (exact) mass is 652 g/mol. The largest absolute Gasteiger partial charge is 2.00 e. The average Bonchev–Trinajstić information content (AvgIpc) is 3.59. The number of fused-ring (bicyclic) bond motifs is 8. The van der Waals surface area contributed by atoms with Gasteiger partial charge < -0.3 is 20.2 Å². The average molecular weight is 653 g/mol. The van der Waals surface area contributed by atoms with E-state index < -0.39 is 11.9 Å². The summed E-state index contributed by atoms with van der Waals surface area (Å²) in [4.78, 5) is 42.7. The second kappa shape index (κ2) is 13.6. The van der Waals surface area contributed by atoms with Gasteiger partial charge in [0, 0.05) is 18.4 Å². The van der Waals surface area contributed by atoms with Gasteiger partial charge in [0.05, 0.1) is 22.8 Å². The second-order valence-corrected chi connectivity index (χ2v) is 10.6. The molecule has 10 heteroatoms. The van der Waals surface area contributed by atoms with Crippen LogP contribution in [0.15, 0.2) is 43.5 Å². The first-order valence-corrected chi connectivity index (χ1v) is 13.8. The van der Waals surface area contributed by atoms with Crippen molar-refractivity contribution in [3.8, 4) is 0 Å². The number of halogens is 1. The van der Waals surface area contributed by atoms with Gasteiger partial charge in [0.25, 0.3) is 0 Å². The van der Waals surface area contributed by atoms with Crippen LogP contribution in [0.4, 0.5) is 0 Å². The Labute approximate surface area is 272 Å². The third kappa shape index (κ3) is 6.36. The van der Waals surface area contributed by atoms with Crippen molar-refractivity contribution in [2.45, 2.75) is 53.4 Å². The molecule has 2 N–H and O–H groups in total. The summed E-state index contributed by atoms with van der Waals surface area (Å²) in [5.41, 5.74) is 12.6. The molecule has 228 valence electrons. The predicted molar refractivity (Wildman–Crippen MR) is 174 cm³/mol. The van der Waals surface area contributed by atoms with E-state index in [9.17, 15) is 19.8 Å². The van der Waals surface area contributed by atoms with Crippen molar-refractivity contribution in [3.05, 3.63) is 88.5 Å². The van der Waals surface area contributed by atoms with Gasteiger partial charge in [-0.3, -0.25) is 9.59 Å². The summed E-state index contributed by atoms with van der Waals surface area (Å²) in [7, 11) is 0. The van der Waals surface area contributed by atoms with Crippen molar-refractivity contribution >= 4 is 74.8 Å². The van der Waals surface area contributed by atoms with Crippen molar-refractivity contribution in [3.63, 3.8) is 0 Å². The van der Waals surface area contributed by atoms with Crippen LogP contribution in [0, 0.1) is 13.8 Å². The molecule has 3 aromatic rings. The maximum atomic E-state index is 11.5. The molecule has 0 fully saturated rings. The zero-order valence-electron chi connectivity index (χ0n) is 25.0. The number of aromatic nitrogens is 4. The third-order valence-electron chi connectivity index (χ3n) is 8.06. The molecule has 0 unspecified atom stereocenters. The smallest absolute Gasteiger partial charge is 0.657 e. The SMILES string of the molecule is C=CC1=C(C)c2cc3[n-]c(cc4nc(cc5[n-]c(cc1n2)c(C)c5C=C)C(C)=C4CCC(=O)O)c(CCC(=O)O)c3C.Cl.[Fe+2]. The molecule has 0 radical (unpaired) electrons. The summed E-state index contributed by atoms with van der Waals surface area (Å²) >= 11 is 0. The van der Waals surface area contributed by atoms with Crippen LogP contribution in [0.5, 0.6) is 0 Å². The molecule has 8 bridgehead atoms. The van der Waals surface area contributed by atoms with Crippen LogP contribution in [0.3, 0.4) is 0 Å². The van der Waals surface area contributed by atoms with Crippen molar-refractivity contribution in [1.82, 2.24) is 19.9 Å². The van der Waals surface area contributed by atoms with E-state index in [-0.39, 0.29) is 42.3 Å². The van der Waals surface area contributed by atoms with Crippen molar-refractivity contribution in [1.29, 1.82) is 0 Å². The first-order valence-electron chi connectivity index (χ1n) is 13.8. The van der Waals surface area contributed by atoms with Crippen LogP contribution >= 0.6 is 12.4 Å². The maximum Gasteiger partial charge on any atom is 2.00 e.